The van der Waals surface area contributed by atoms with Crippen molar-refractivity contribution in [2.45, 2.75) is 19.8 Å². The van der Waals surface area contributed by atoms with Crippen molar-refractivity contribution in [3.05, 3.63) is 24.3 Å². The van der Waals surface area contributed by atoms with Crippen LogP contribution in [0, 0.1) is 0 Å². The van der Waals surface area contributed by atoms with E-state index in [1.807, 2.05) is 6.92 Å². The summed E-state index contributed by atoms with van der Waals surface area (Å²) in [6.07, 6.45) is 1.48. The first-order valence-corrected chi connectivity index (χ1v) is 5.34. The number of methoxy groups -OCH3 is 1. The van der Waals surface area contributed by atoms with Gasteiger partial charge in [-0.2, -0.15) is 0 Å². The maximum atomic E-state index is 11.3. The van der Waals surface area contributed by atoms with Gasteiger partial charge in [-0.05, 0) is 30.7 Å². The minimum atomic E-state index is -0.418. The van der Waals surface area contributed by atoms with E-state index in [0.717, 1.165) is 18.6 Å². The highest BCUT2D eigenvalue weighted by Crippen LogP contribution is 2.14. The highest BCUT2D eigenvalue weighted by Gasteiger charge is 2.02. The number of carbonyl (C=O) groups excluding carboxylic acids is 1. The van der Waals surface area contributed by atoms with Crippen LogP contribution in [0.15, 0.2) is 24.3 Å². The zero-order valence-electron chi connectivity index (χ0n) is 9.66. The average Bonchev–Trinajstić information content (AvgIpc) is 2.30. The van der Waals surface area contributed by atoms with Crippen LogP contribution in [0.2, 0.25) is 0 Å². The van der Waals surface area contributed by atoms with E-state index in [1.165, 1.54) is 0 Å². The van der Waals surface area contributed by atoms with Gasteiger partial charge in [0.15, 0.2) is 0 Å². The smallest absolute Gasteiger partial charge is 0.411 e. The standard InChI is InChI=1S/C12H17NO3/c1-3-4-9-16-12(14)13-10-5-7-11(15-2)8-6-10/h5-8H,3-4,9H2,1-2H3,(H,13,14). The molecule has 0 aliphatic heterocycles. The molecule has 0 radical (unpaired) electrons. The summed E-state index contributed by atoms with van der Waals surface area (Å²) in [5.41, 5.74) is 0.697. The molecule has 4 nitrogen and oxygen atoms in total. The topological polar surface area (TPSA) is 47.6 Å². The zero-order valence-corrected chi connectivity index (χ0v) is 9.66. The van der Waals surface area contributed by atoms with Crippen molar-refractivity contribution in [3.63, 3.8) is 0 Å². The summed E-state index contributed by atoms with van der Waals surface area (Å²) in [4.78, 5) is 11.3. The van der Waals surface area contributed by atoms with Crippen molar-refractivity contribution < 1.29 is 14.3 Å². The van der Waals surface area contributed by atoms with Gasteiger partial charge in [0.2, 0.25) is 0 Å². The Kier molecular flexibility index (Phi) is 5.19. The Morgan fingerprint density at radius 3 is 2.56 bits per heavy atom. The summed E-state index contributed by atoms with van der Waals surface area (Å²) in [7, 11) is 1.60. The van der Waals surface area contributed by atoms with Gasteiger partial charge in [0.25, 0.3) is 0 Å². The molecule has 0 spiro atoms. The molecule has 0 aliphatic carbocycles. The van der Waals surface area contributed by atoms with Crippen LogP contribution < -0.4 is 10.1 Å². The fourth-order valence-corrected chi connectivity index (χ4v) is 1.14. The molecule has 0 unspecified atom stereocenters. The zero-order chi connectivity index (χ0) is 11.8. The fourth-order valence-electron chi connectivity index (χ4n) is 1.14. The van der Waals surface area contributed by atoms with Gasteiger partial charge < -0.3 is 9.47 Å². The minimum absolute atomic E-state index is 0.418. The summed E-state index contributed by atoms with van der Waals surface area (Å²) in [5, 5.41) is 2.64. The third kappa shape index (κ3) is 4.21. The highest BCUT2D eigenvalue weighted by atomic mass is 16.5. The Morgan fingerprint density at radius 2 is 2.00 bits per heavy atom. The van der Waals surface area contributed by atoms with E-state index in [2.05, 4.69) is 5.32 Å². The molecule has 0 aliphatic rings. The molecule has 0 atom stereocenters. The van der Waals surface area contributed by atoms with Crippen LogP contribution in [0.3, 0.4) is 0 Å². The van der Waals surface area contributed by atoms with Crippen LogP contribution in [0.25, 0.3) is 0 Å². The maximum Gasteiger partial charge on any atom is 0.411 e. The van der Waals surface area contributed by atoms with Crippen molar-refractivity contribution in [2.24, 2.45) is 0 Å². The molecule has 1 amide bonds. The summed E-state index contributed by atoms with van der Waals surface area (Å²) in [6.45, 7) is 2.50. The lowest BCUT2D eigenvalue weighted by Crippen LogP contribution is -2.14. The van der Waals surface area contributed by atoms with Gasteiger partial charge in [-0.25, -0.2) is 4.79 Å². The van der Waals surface area contributed by atoms with E-state index >= 15 is 0 Å². The first-order valence-electron chi connectivity index (χ1n) is 5.34. The summed E-state index contributed by atoms with van der Waals surface area (Å²) >= 11 is 0. The van der Waals surface area contributed by atoms with Gasteiger partial charge in [-0.1, -0.05) is 13.3 Å². The van der Waals surface area contributed by atoms with Gasteiger partial charge in [0.05, 0.1) is 13.7 Å². The highest BCUT2D eigenvalue weighted by molar-refractivity contribution is 5.84. The van der Waals surface area contributed by atoms with Crippen molar-refractivity contribution in [3.8, 4) is 5.75 Å². The molecule has 0 fully saturated rings. The quantitative estimate of drug-likeness (QED) is 0.780. The van der Waals surface area contributed by atoms with Crippen LogP contribution in [0.5, 0.6) is 5.75 Å². The van der Waals surface area contributed by atoms with Gasteiger partial charge in [0.1, 0.15) is 5.75 Å². The minimum Gasteiger partial charge on any atom is -0.497 e. The van der Waals surface area contributed by atoms with E-state index in [9.17, 15) is 4.79 Å². The van der Waals surface area contributed by atoms with E-state index < -0.39 is 6.09 Å². The molecule has 1 aromatic rings. The molecule has 0 heterocycles. The number of benzene rings is 1. The van der Waals surface area contributed by atoms with Gasteiger partial charge in [-0.15, -0.1) is 0 Å². The molecule has 1 aromatic carbocycles. The Hall–Kier alpha value is -1.71. The van der Waals surface area contributed by atoms with E-state index in [0.29, 0.717) is 12.3 Å². The lowest BCUT2D eigenvalue weighted by atomic mass is 10.3. The molecule has 0 bridgehead atoms. The number of hydrogen-bond donors (Lipinski definition) is 1. The van der Waals surface area contributed by atoms with Crippen molar-refractivity contribution in [2.75, 3.05) is 19.0 Å². The molecule has 0 saturated carbocycles. The molecule has 0 saturated heterocycles. The van der Waals surface area contributed by atoms with E-state index in [4.69, 9.17) is 9.47 Å². The number of rotatable bonds is 5. The second kappa shape index (κ2) is 6.71. The number of hydrogen-bond acceptors (Lipinski definition) is 3. The van der Waals surface area contributed by atoms with E-state index in [1.54, 1.807) is 31.4 Å². The predicted molar refractivity (Wildman–Crippen MR) is 62.9 cm³/mol. The number of nitrogens with one attached hydrogen (secondary N) is 1. The molecule has 16 heavy (non-hydrogen) atoms. The second-order valence-electron chi connectivity index (χ2n) is 3.34. The Bertz CT molecular complexity index is 322. The molecular weight excluding hydrogens is 206 g/mol. The van der Waals surface area contributed by atoms with Crippen LogP contribution in [0.1, 0.15) is 19.8 Å². The molecule has 0 aromatic heterocycles. The predicted octanol–water partition coefficient (Wildman–Crippen LogP) is 3.04. The first kappa shape index (κ1) is 12.4. The molecule has 1 N–H and O–H groups in total. The molecule has 1 rings (SSSR count). The van der Waals surface area contributed by atoms with Gasteiger partial charge in [-0.3, -0.25) is 5.32 Å². The summed E-state index contributed by atoms with van der Waals surface area (Å²) in [6, 6.07) is 7.09. The average molecular weight is 223 g/mol. The van der Waals surface area contributed by atoms with Gasteiger partial charge >= 0.3 is 6.09 Å². The second-order valence-corrected chi connectivity index (χ2v) is 3.34. The van der Waals surface area contributed by atoms with Gasteiger partial charge in [0, 0.05) is 5.69 Å². The summed E-state index contributed by atoms with van der Waals surface area (Å²) in [5.74, 6) is 0.755. The lowest BCUT2D eigenvalue weighted by molar-refractivity contribution is 0.160. The van der Waals surface area contributed by atoms with Crippen LogP contribution in [-0.2, 0) is 4.74 Å². The fraction of sp³-hybridized carbons (Fsp3) is 0.417. The van der Waals surface area contributed by atoms with Crippen LogP contribution in [-0.4, -0.2) is 19.8 Å². The third-order valence-electron chi connectivity index (χ3n) is 2.07. The molecule has 4 heteroatoms. The van der Waals surface area contributed by atoms with Crippen molar-refractivity contribution in [1.82, 2.24) is 0 Å². The number of ether oxygens (including phenoxy) is 2. The number of carbonyl (C=O) groups is 1. The van der Waals surface area contributed by atoms with Crippen molar-refractivity contribution >= 4 is 11.8 Å². The van der Waals surface area contributed by atoms with E-state index in [-0.39, 0.29) is 0 Å². The number of unbranched alkanes of at least 4 members (excludes halogenated alkanes) is 1. The largest absolute Gasteiger partial charge is 0.497 e. The van der Waals surface area contributed by atoms with Crippen LogP contribution >= 0.6 is 0 Å². The SMILES string of the molecule is CCCCOC(=O)Nc1ccc(OC)cc1. The maximum absolute atomic E-state index is 11.3. The Morgan fingerprint density at radius 1 is 1.31 bits per heavy atom. The first-order chi connectivity index (χ1) is 7.76. The number of anilines is 1. The third-order valence-corrected chi connectivity index (χ3v) is 2.07. The normalized spacial score (nSPS) is 9.62. The Balaban J connectivity index is 2.37. The monoisotopic (exact) mass is 223 g/mol. The lowest BCUT2D eigenvalue weighted by Gasteiger charge is -2.06. The van der Waals surface area contributed by atoms with Crippen molar-refractivity contribution in [1.29, 1.82) is 0 Å². The summed E-state index contributed by atoms with van der Waals surface area (Å²) < 4.78 is 9.97. The number of amides is 1. The van der Waals surface area contributed by atoms with Crippen LogP contribution in [0.4, 0.5) is 10.5 Å². The molecular formula is C12H17NO3. The Labute approximate surface area is 95.6 Å². The molecule has 88 valence electrons.